The Kier molecular flexibility index (Phi) is 5.32. The molecule has 0 aliphatic heterocycles. The lowest BCUT2D eigenvalue weighted by molar-refractivity contribution is 0.268. The number of hydrogen-bond donors (Lipinski definition) is 3. The molecule has 15 heavy (non-hydrogen) atoms. The first-order chi connectivity index (χ1) is 7.26. The molecule has 0 heterocycles. The molecule has 0 saturated heterocycles. The van der Waals surface area contributed by atoms with Crippen molar-refractivity contribution in [3.05, 3.63) is 35.4 Å². The molecule has 0 amide bonds. The number of benzene rings is 1. The van der Waals surface area contributed by atoms with Crippen LogP contribution >= 0.6 is 0 Å². The minimum absolute atomic E-state index is 0.0919. The van der Waals surface area contributed by atoms with E-state index in [0.717, 1.165) is 18.5 Å². The van der Waals surface area contributed by atoms with Crippen LogP contribution in [0.5, 0.6) is 0 Å². The third-order valence-corrected chi connectivity index (χ3v) is 2.42. The van der Waals surface area contributed by atoms with Crippen LogP contribution in [0, 0.1) is 0 Å². The Hall–Kier alpha value is -0.900. The summed E-state index contributed by atoms with van der Waals surface area (Å²) in [6.07, 6.45) is 0.773. The highest BCUT2D eigenvalue weighted by Crippen LogP contribution is 2.04. The molecule has 0 aromatic heterocycles. The maximum absolute atomic E-state index is 8.87. The minimum Gasteiger partial charge on any atom is -0.396 e. The largest absolute Gasteiger partial charge is 0.396 e. The van der Waals surface area contributed by atoms with E-state index in [0.29, 0.717) is 6.04 Å². The Labute approximate surface area is 90.8 Å². The lowest BCUT2D eigenvalue weighted by Gasteiger charge is -2.12. The predicted molar refractivity (Wildman–Crippen MR) is 60.4 cm³/mol. The normalized spacial score (nSPS) is 12.7. The molecule has 3 heteroatoms. The second-order valence-electron chi connectivity index (χ2n) is 3.77. The molecule has 0 aliphatic rings. The van der Waals surface area contributed by atoms with Gasteiger partial charge in [0.15, 0.2) is 0 Å². The van der Waals surface area contributed by atoms with E-state index >= 15 is 0 Å². The second-order valence-corrected chi connectivity index (χ2v) is 3.77. The second kappa shape index (κ2) is 6.56. The van der Waals surface area contributed by atoms with Crippen molar-refractivity contribution in [3.8, 4) is 0 Å². The molecule has 1 rings (SSSR count). The highest BCUT2D eigenvalue weighted by molar-refractivity contribution is 5.21. The van der Waals surface area contributed by atoms with Gasteiger partial charge in [0.25, 0.3) is 0 Å². The van der Waals surface area contributed by atoms with Crippen molar-refractivity contribution in [1.29, 1.82) is 0 Å². The summed E-state index contributed by atoms with van der Waals surface area (Å²) in [7, 11) is 0. The first-order valence-corrected chi connectivity index (χ1v) is 5.29. The number of rotatable bonds is 6. The van der Waals surface area contributed by atoms with Crippen molar-refractivity contribution in [2.24, 2.45) is 0 Å². The molecular weight excluding hydrogens is 190 g/mol. The van der Waals surface area contributed by atoms with Gasteiger partial charge in [0.05, 0.1) is 6.61 Å². The summed E-state index contributed by atoms with van der Waals surface area (Å²) in [4.78, 5) is 0. The third-order valence-electron chi connectivity index (χ3n) is 2.42. The number of aliphatic hydroxyl groups is 2. The predicted octanol–water partition coefficient (Wildman–Crippen LogP) is 1.04. The summed E-state index contributed by atoms with van der Waals surface area (Å²) in [6, 6.07) is 8.18. The molecule has 1 aromatic rings. The SMILES string of the molecule is CC(CCO)NCc1ccc(CO)cc1. The molecule has 3 nitrogen and oxygen atoms in total. The Morgan fingerprint density at radius 3 is 2.27 bits per heavy atom. The lowest BCUT2D eigenvalue weighted by Crippen LogP contribution is -2.26. The smallest absolute Gasteiger partial charge is 0.0681 e. The third kappa shape index (κ3) is 4.42. The molecule has 0 aliphatic carbocycles. The van der Waals surface area contributed by atoms with Crippen molar-refractivity contribution >= 4 is 0 Å². The van der Waals surface area contributed by atoms with Crippen LogP contribution in [-0.4, -0.2) is 22.9 Å². The van der Waals surface area contributed by atoms with Crippen LogP contribution in [0.1, 0.15) is 24.5 Å². The molecule has 3 N–H and O–H groups in total. The molecule has 0 saturated carbocycles. The highest BCUT2D eigenvalue weighted by atomic mass is 16.3. The summed E-state index contributed by atoms with van der Waals surface area (Å²) < 4.78 is 0. The number of hydrogen-bond acceptors (Lipinski definition) is 3. The molecular formula is C12H19NO2. The van der Waals surface area contributed by atoms with Crippen LogP contribution in [0.3, 0.4) is 0 Å². The van der Waals surface area contributed by atoms with E-state index in [1.165, 1.54) is 5.56 Å². The van der Waals surface area contributed by atoms with E-state index in [-0.39, 0.29) is 13.2 Å². The molecule has 0 radical (unpaired) electrons. The maximum Gasteiger partial charge on any atom is 0.0681 e. The van der Waals surface area contributed by atoms with Gasteiger partial charge in [0.2, 0.25) is 0 Å². The standard InChI is InChI=1S/C12H19NO2/c1-10(6-7-14)13-8-11-2-4-12(9-15)5-3-11/h2-5,10,13-15H,6-9H2,1H3. The summed E-state index contributed by atoms with van der Waals surface area (Å²) in [5.41, 5.74) is 2.12. The van der Waals surface area contributed by atoms with Gasteiger partial charge in [0, 0.05) is 19.2 Å². The van der Waals surface area contributed by atoms with Gasteiger partial charge >= 0.3 is 0 Å². The van der Waals surface area contributed by atoms with E-state index in [1.54, 1.807) is 0 Å². The molecule has 0 fully saturated rings. The Bertz CT molecular complexity index is 271. The molecule has 0 spiro atoms. The van der Waals surface area contributed by atoms with Crippen molar-refractivity contribution in [2.45, 2.75) is 32.5 Å². The van der Waals surface area contributed by atoms with Gasteiger partial charge in [0.1, 0.15) is 0 Å². The van der Waals surface area contributed by atoms with Gasteiger partial charge in [-0.25, -0.2) is 0 Å². The zero-order valence-corrected chi connectivity index (χ0v) is 9.11. The van der Waals surface area contributed by atoms with Gasteiger partial charge in [-0.2, -0.15) is 0 Å². The van der Waals surface area contributed by atoms with Crippen LogP contribution in [0.4, 0.5) is 0 Å². The molecule has 0 bridgehead atoms. The zero-order chi connectivity index (χ0) is 11.1. The minimum atomic E-state index is 0.0919. The zero-order valence-electron chi connectivity index (χ0n) is 9.11. The van der Waals surface area contributed by atoms with E-state index in [1.807, 2.05) is 24.3 Å². The van der Waals surface area contributed by atoms with Crippen LogP contribution in [0.2, 0.25) is 0 Å². The van der Waals surface area contributed by atoms with Gasteiger partial charge < -0.3 is 15.5 Å². The van der Waals surface area contributed by atoms with E-state index in [4.69, 9.17) is 10.2 Å². The van der Waals surface area contributed by atoms with Crippen LogP contribution < -0.4 is 5.32 Å². The highest BCUT2D eigenvalue weighted by Gasteiger charge is 2.00. The first kappa shape index (κ1) is 12.2. The van der Waals surface area contributed by atoms with Crippen molar-refractivity contribution in [2.75, 3.05) is 6.61 Å². The number of aliphatic hydroxyl groups excluding tert-OH is 2. The quantitative estimate of drug-likeness (QED) is 0.656. The Morgan fingerprint density at radius 2 is 1.73 bits per heavy atom. The van der Waals surface area contributed by atoms with Crippen molar-refractivity contribution < 1.29 is 10.2 Å². The number of nitrogens with one attached hydrogen (secondary N) is 1. The van der Waals surface area contributed by atoms with Crippen molar-refractivity contribution in [3.63, 3.8) is 0 Å². The average molecular weight is 209 g/mol. The summed E-state index contributed by atoms with van der Waals surface area (Å²) in [5, 5.41) is 20.9. The molecule has 1 atom stereocenters. The topological polar surface area (TPSA) is 52.5 Å². The fraction of sp³-hybridized carbons (Fsp3) is 0.500. The average Bonchev–Trinajstić information content (AvgIpc) is 2.27. The van der Waals surface area contributed by atoms with Gasteiger partial charge in [-0.3, -0.25) is 0 Å². The maximum atomic E-state index is 8.87. The molecule has 1 aromatic carbocycles. The van der Waals surface area contributed by atoms with E-state index in [2.05, 4.69) is 12.2 Å². The van der Waals surface area contributed by atoms with Crippen LogP contribution in [0.25, 0.3) is 0 Å². The van der Waals surface area contributed by atoms with Crippen molar-refractivity contribution in [1.82, 2.24) is 5.32 Å². The first-order valence-electron chi connectivity index (χ1n) is 5.29. The molecule has 84 valence electrons. The van der Waals surface area contributed by atoms with Gasteiger partial charge in [-0.1, -0.05) is 24.3 Å². The summed E-state index contributed by atoms with van der Waals surface area (Å²) >= 11 is 0. The summed E-state index contributed by atoms with van der Waals surface area (Å²) in [6.45, 7) is 3.16. The van der Waals surface area contributed by atoms with E-state index < -0.39 is 0 Å². The fourth-order valence-corrected chi connectivity index (χ4v) is 1.35. The Morgan fingerprint density at radius 1 is 1.13 bits per heavy atom. The Balaban J connectivity index is 2.37. The van der Waals surface area contributed by atoms with Crippen LogP contribution in [-0.2, 0) is 13.2 Å². The van der Waals surface area contributed by atoms with Crippen LogP contribution in [0.15, 0.2) is 24.3 Å². The lowest BCUT2D eigenvalue weighted by atomic mass is 10.1. The molecule has 1 unspecified atom stereocenters. The van der Waals surface area contributed by atoms with E-state index in [9.17, 15) is 0 Å². The fourth-order valence-electron chi connectivity index (χ4n) is 1.35. The monoisotopic (exact) mass is 209 g/mol. The van der Waals surface area contributed by atoms with Gasteiger partial charge in [-0.15, -0.1) is 0 Å². The summed E-state index contributed by atoms with van der Waals surface area (Å²) in [5.74, 6) is 0. The van der Waals surface area contributed by atoms with Gasteiger partial charge in [-0.05, 0) is 24.5 Å².